The van der Waals surface area contributed by atoms with E-state index in [0.717, 1.165) is 22.4 Å². The van der Waals surface area contributed by atoms with Crippen LogP contribution in [0.4, 0.5) is 0 Å². The average Bonchev–Trinajstić information content (AvgIpc) is 3.16. The molecule has 2 aromatic carbocycles. The van der Waals surface area contributed by atoms with Crippen LogP contribution in [0.25, 0.3) is 5.70 Å². The molecule has 1 aromatic heterocycles. The van der Waals surface area contributed by atoms with E-state index in [-0.39, 0.29) is 17.7 Å². The highest BCUT2D eigenvalue weighted by Gasteiger charge is 2.31. The highest BCUT2D eigenvalue weighted by atomic mass is 35.5. The van der Waals surface area contributed by atoms with Crippen molar-refractivity contribution >= 4 is 23.2 Å². The maximum atomic E-state index is 13.1. The van der Waals surface area contributed by atoms with E-state index in [0.29, 0.717) is 10.6 Å². The van der Waals surface area contributed by atoms with Gasteiger partial charge in [-0.25, -0.2) is 5.01 Å². The lowest BCUT2D eigenvalue weighted by molar-refractivity contribution is 0.0672. The SMILES string of the molecule is Cc1cc(C2=CC(c3ccc(Cl)cc3)N(C(=O)c3ccncc3)N2)ccc1O. The van der Waals surface area contributed by atoms with Crippen LogP contribution < -0.4 is 5.43 Å². The number of pyridine rings is 1. The summed E-state index contributed by atoms with van der Waals surface area (Å²) in [6.45, 7) is 1.84. The number of nitrogens with zero attached hydrogens (tertiary/aromatic N) is 2. The first-order valence-corrected chi connectivity index (χ1v) is 9.18. The molecule has 1 aliphatic heterocycles. The summed E-state index contributed by atoms with van der Waals surface area (Å²) in [6.07, 6.45) is 5.19. The predicted octanol–water partition coefficient (Wildman–Crippen LogP) is 4.49. The van der Waals surface area contributed by atoms with Crippen molar-refractivity contribution in [2.75, 3.05) is 0 Å². The molecular weight excluding hydrogens is 374 g/mol. The second kappa shape index (κ2) is 7.37. The summed E-state index contributed by atoms with van der Waals surface area (Å²) in [7, 11) is 0. The number of aromatic nitrogens is 1. The molecular formula is C22H18ClN3O2. The van der Waals surface area contributed by atoms with Gasteiger partial charge in [-0.15, -0.1) is 0 Å². The monoisotopic (exact) mass is 391 g/mol. The molecule has 3 aromatic rings. The first-order chi connectivity index (χ1) is 13.5. The summed E-state index contributed by atoms with van der Waals surface area (Å²) in [5.74, 6) is 0.0745. The summed E-state index contributed by atoms with van der Waals surface area (Å²) in [6, 6.07) is 15.8. The molecule has 2 heterocycles. The van der Waals surface area contributed by atoms with Crippen LogP contribution in [0.5, 0.6) is 5.75 Å². The number of nitrogens with one attached hydrogen (secondary N) is 1. The van der Waals surface area contributed by atoms with Crippen LogP contribution in [0.15, 0.2) is 73.1 Å². The number of amides is 1. The molecule has 0 radical (unpaired) electrons. The van der Waals surface area contributed by atoms with Gasteiger partial charge in [0.1, 0.15) is 5.75 Å². The standard InChI is InChI=1S/C22H18ClN3O2/c1-14-12-17(4-7-21(14)27)19-13-20(15-2-5-18(23)6-3-15)26(25-19)22(28)16-8-10-24-11-9-16/h2-13,20,25,27H,1H3. The molecule has 1 unspecified atom stereocenters. The minimum Gasteiger partial charge on any atom is -0.508 e. The summed E-state index contributed by atoms with van der Waals surface area (Å²) in [5, 5.41) is 12.0. The van der Waals surface area contributed by atoms with Crippen molar-refractivity contribution in [2.45, 2.75) is 13.0 Å². The number of aryl methyl sites for hydroxylation is 1. The first-order valence-electron chi connectivity index (χ1n) is 8.80. The number of hydrogen-bond acceptors (Lipinski definition) is 4. The van der Waals surface area contributed by atoms with Gasteiger partial charge in [-0.2, -0.15) is 0 Å². The van der Waals surface area contributed by atoms with Crippen molar-refractivity contribution in [1.82, 2.24) is 15.4 Å². The Morgan fingerprint density at radius 1 is 1.11 bits per heavy atom. The quantitative estimate of drug-likeness (QED) is 0.690. The smallest absolute Gasteiger partial charge is 0.273 e. The molecule has 0 saturated carbocycles. The van der Waals surface area contributed by atoms with E-state index in [2.05, 4.69) is 10.4 Å². The van der Waals surface area contributed by atoms with Crippen molar-refractivity contribution in [3.63, 3.8) is 0 Å². The van der Waals surface area contributed by atoms with E-state index >= 15 is 0 Å². The fourth-order valence-corrected chi connectivity index (χ4v) is 3.29. The molecule has 2 N–H and O–H groups in total. The lowest BCUT2D eigenvalue weighted by atomic mass is 10.0. The number of aromatic hydroxyl groups is 1. The van der Waals surface area contributed by atoms with E-state index < -0.39 is 0 Å². The highest BCUT2D eigenvalue weighted by molar-refractivity contribution is 6.30. The number of hydrogen-bond donors (Lipinski definition) is 2. The van der Waals surface area contributed by atoms with Crippen molar-refractivity contribution in [3.8, 4) is 5.75 Å². The van der Waals surface area contributed by atoms with Gasteiger partial charge in [-0.3, -0.25) is 15.2 Å². The maximum Gasteiger partial charge on any atom is 0.273 e. The highest BCUT2D eigenvalue weighted by Crippen LogP contribution is 2.33. The third-order valence-electron chi connectivity index (χ3n) is 4.71. The van der Waals surface area contributed by atoms with Gasteiger partial charge in [-0.1, -0.05) is 23.7 Å². The van der Waals surface area contributed by atoms with E-state index in [1.54, 1.807) is 35.6 Å². The molecule has 0 fully saturated rings. The molecule has 0 spiro atoms. The number of hydrazine groups is 1. The average molecular weight is 392 g/mol. The normalized spacial score (nSPS) is 15.9. The Labute approximate surface area is 167 Å². The molecule has 0 saturated heterocycles. The lowest BCUT2D eigenvalue weighted by Crippen LogP contribution is -2.39. The van der Waals surface area contributed by atoms with Gasteiger partial charge < -0.3 is 5.11 Å². The first kappa shape index (κ1) is 18.1. The number of halogens is 1. The van der Waals surface area contributed by atoms with Crippen LogP contribution in [0.1, 0.15) is 33.1 Å². The molecule has 1 atom stereocenters. The van der Waals surface area contributed by atoms with Gasteiger partial charge in [0.2, 0.25) is 0 Å². The van der Waals surface area contributed by atoms with Gasteiger partial charge in [0.15, 0.2) is 0 Å². The molecule has 0 aliphatic carbocycles. The molecule has 0 bridgehead atoms. The van der Waals surface area contributed by atoms with Gasteiger partial charge in [-0.05, 0) is 72.2 Å². The second-order valence-corrected chi connectivity index (χ2v) is 7.04. The van der Waals surface area contributed by atoms with Crippen LogP contribution in [0, 0.1) is 6.92 Å². The molecule has 4 rings (SSSR count). The van der Waals surface area contributed by atoms with Gasteiger partial charge in [0.25, 0.3) is 5.91 Å². The molecule has 1 amide bonds. The Balaban J connectivity index is 1.74. The summed E-state index contributed by atoms with van der Waals surface area (Å²) in [5.41, 5.74) is 7.15. The maximum absolute atomic E-state index is 13.1. The summed E-state index contributed by atoms with van der Waals surface area (Å²) >= 11 is 6.03. The minimum atomic E-state index is -0.304. The van der Waals surface area contributed by atoms with Crippen molar-refractivity contribution < 1.29 is 9.90 Å². The van der Waals surface area contributed by atoms with E-state index in [9.17, 15) is 9.90 Å². The Kier molecular flexibility index (Phi) is 4.75. The largest absolute Gasteiger partial charge is 0.508 e. The Bertz CT molecular complexity index is 1050. The van der Waals surface area contributed by atoms with Crippen molar-refractivity contribution in [2.24, 2.45) is 0 Å². The van der Waals surface area contributed by atoms with Crippen LogP contribution in [0.3, 0.4) is 0 Å². The molecule has 6 heteroatoms. The summed E-state index contributed by atoms with van der Waals surface area (Å²) < 4.78 is 0. The summed E-state index contributed by atoms with van der Waals surface area (Å²) in [4.78, 5) is 17.1. The topological polar surface area (TPSA) is 65.5 Å². The van der Waals surface area contributed by atoms with E-state index in [1.807, 2.05) is 49.4 Å². The number of phenolic OH excluding ortho intramolecular Hbond substituents is 1. The number of rotatable bonds is 3. The molecule has 5 nitrogen and oxygen atoms in total. The zero-order valence-electron chi connectivity index (χ0n) is 15.1. The van der Waals surface area contributed by atoms with Crippen molar-refractivity contribution in [3.05, 3.63) is 100 Å². The van der Waals surface area contributed by atoms with E-state index in [1.165, 1.54) is 0 Å². The Hall–Kier alpha value is -3.31. The molecule has 1 aliphatic rings. The molecule has 140 valence electrons. The fourth-order valence-electron chi connectivity index (χ4n) is 3.17. The zero-order valence-corrected chi connectivity index (χ0v) is 15.9. The second-order valence-electron chi connectivity index (χ2n) is 6.60. The van der Waals surface area contributed by atoms with Gasteiger partial charge in [0, 0.05) is 23.0 Å². The molecule has 28 heavy (non-hydrogen) atoms. The van der Waals surface area contributed by atoms with E-state index in [4.69, 9.17) is 11.6 Å². The third kappa shape index (κ3) is 3.44. The van der Waals surface area contributed by atoms with Crippen LogP contribution in [0.2, 0.25) is 5.02 Å². The third-order valence-corrected chi connectivity index (χ3v) is 4.96. The Morgan fingerprint density at radius 2 is 1.82 bits per heavy atom. The van der Waals surface area contributed by atoms with Gasteiger partial charge >= 0.3 is 0 Å². The van der Waals surface area contributed by atoms with Crippen molar-refractivity contribution in [1.29, 1.82) is 0 Å². The number of phenols is 1. The van der Waals surface area contributed by atoms with Crippen LogP contribution in [-0.4, -0.2) is 21.0 Å². The zero-order chi connectivity index (χ0) is 19.7. The van der Waals surface area contributed by atoms with Crippen LogP contribution >= 0.6 is 11.6 Å². The number of benzene rings is 2. The predicted molar refractivity (Wildman–Crippen MR) is 109 cm³/mol. The minimum absolute atomic E-state index is 0.163. The van der Waals surface area contributed by atoms with Crippen LogP contribution in [-0.2, 0) is 0 Å². The number of carbonyl (C=O) groups is 1. The number of carbonyl (C=O) groups excluding carboxylic acids is 1. The Morgan fingerprint density at radius 3 is 2.50 bits per heavy atom. The fraction of sp³-hybridized carbons (Fsp3) is 0.0909. The van der Waals surface area contributed by atoms with Gasteiger partial charge in [0.05, 0.1) is 11.7 Å². The lowest BCUT2D eigenvalue weighted by Gasteiger charge is -2.25.